The first-order valence-corrected chi connectivity index (χ1v) is 2.90. The minimum absolute atomic E-state index is 0.0558. The molecule has 0 unspecified atom stereocenters. The third kappa shape index (κ3) is 1.42. The Labute approximate surface area is 53.8 Å². The van der Waals surface area contributed by atoms with Crippen molar-refractivity contribution >= 4 is 0 Å². The second-order valence-electron chi connectivity index (χ2n) is 1.78. The molecule has 0 saturated heterocycles. The van der Waals surface area contributed by atoms with Crippen molar-refractivity contribution in [2.45, 2.75) is 13.5 Å². The van der Waals surface area contributed by atoms with Gasteiger partial charge in [-0.3, -0.25) is 4.79 Å². The van der Waals surface area contributed by atoms with E-state index in [1.54, 1.807) is 12.4 Å². The van der Waals surface area contributed by atoms with Crippen LogP contribution in [0.1, 0.15) is 6.92 Å². The lowest BCUT2D eigenvalue weighted by molar-refractivity contribution is 0.753. The first kappa shape index (κ1) is 6.08. The van der Waals surface area contributed by atoms with Gasteiger partial charge in [0.2, 0.25) is 0 Å². The molecule has 0 fully saturated rings. The van der Waals surface area contributed by atoms with Crippen molar-refractivity contribution in [2.24, 2.45) is 0 Å². The molecule has 0 aromatic carbocycles. The lowest BCUT2D eigenvalue weighted by atomic mass is 10.5. The molecule has 0 atom stereocenters. The van der Waals surface area contributed by atoms with E-state index in [1.807, 2.05) is 11.5 Å². The summed E-state index contributed by atoms with van der Waals surface area (Å²) in [6.45, 7) is 2.90. The topological polar surface area (TPSA) is 22.0 Å². The van der Waals surface area contributed by atoms with Crippen molar-refractivity contribution in [3.05, 3.63) is 34.7 Å². The maximum atomic E-state index is 10.5. The molecule has 0 bridgehead atoms. The fraction of sp³-hybridized carbons (Fsp3) is 0.286. The normalized spacial score (nSPS) is 9.44. The fourth-order valence-electron chi connectivity index (χ4n) is 0.598. The van der Waals surface area contributed by atoms with Crippen molar-refractivity contribution in [3.8, 4) is 0 Å². The molecule has 2 heteroatoms. The number of aromatic nitrogens is 1. The smallest absolute Gasteiger partial charge is 0.189 e. The molecule has 0 saturated carbocycles. The zero-order valence-corrected chi connectivity index (χ0v) is 5.29. The number of rotatable bonds is 1. The lowest BCUT2D eigenvalue weighted by Crippen LogP contribution is -2.02. The van der Waals surface area contributed by atoms with Crippen LogP contribution in [0.25, 0.3) is 0 Å². The quantitative estimate of drug-likeness (QED) is 0.536. The van der Waals surface area contributed by atoms with Crippen LogP contribution in [0.2, 0.25) is 0 Å². The Bertz CT molecular complexity index is 218. The summed E-state index contributed by atoms with van der Waals surface area (Å²) < 4.78 is 1.89. The van der Waals surface area contributed by atoms with Gasteiger partial charge in [-0.1, -0.05) is 0 Å². The van der Waals surface area contributed by atoms with E-state index < -0.39 is 0 Å². The Morgan fingerprint density at radius 2 is 2.56 bits per heavy atom. The van der Waals surface area contributed by atoms with E-state index in [-0.39, 0.29) is 5.43 Å². The van der Waals surface area contributed by atoms with Gasteiger partial charge < -0.3 is 4.57 Å². The van der Waals surface area contributed by atoms with Crippen LogP contribution in [0.3, 0.4) is 0 Å². The summed E-state index contributed by atoms with van der Waals surface area (Å²) in [7, 11) is 0. The molecule has 0 aliphatic carbocycles. The molecular formula is C7H8NO. The van der Waals surface area contributed by atoms with Crippen molar-refractivity contribution in [1.29, 1.82) is 0 Å². The van der Waals surface area contributed by atoms with Crippen molar-refractivity contribution < 1.29 is 0 Å². The first-order valence-electron chi connectivity index (χ1n) is 2.90. The molecular weight excluding hydrogens is 114 g/mol. The van der Waals surface area contributed by atoms with Gasteiger partial charge in [-0.05, 0) is 6.92 Å². The zero-order chi connectivity index (χ0) is 6.69. The van der Waals surface area contributed by atoms with Gasteiger partial charge >= 0.3 is 0 Å². The van der Waals surface area contributed by atoms with Gasteiger partial charge in [0, 0.05) is 25.0 Å². The van der Waals surface area contributed by atoms with Crippen molar-refractivity contribution in [2.75, 3.05) is 0 Å². The Morgan fingerprint density at radius 3 is 3.00 bits per heavy atom. The van der Waals surface area contributed by atoms with Crippen LogP contribution in [0.4, 0.5) is 0 Å². The Morgan fingerprint density at radius 1 is 1.78 bits per heavy atom. The molecule has 1 aromatic rings. The SMILES string of the molecule is CCn1c[c]c(=O)cc1. The van der Waals surface area contributed by atoms with Crippen LogP contribution in [0.15, 0.2) is 23.3 Å². The molecule has 1 heterocycles. The summed E-state index contributed by atoms with van der Waals surface area (Å²) in [6.07, 6.45) is 3.40. The zero-order valence-electron chi connectivity index (χ0n) is 5.29. The van der Waals surface area contributed by atoms with E-state index in [1.165, 1.54) is 6.07 Å². The predicted molar refractivity (Wildman–Crippen MR) is 35.2 cm³/mol. The van der Waals surface area contributed by atoms with E-state index in [4.69, 9.17) is 0 Å². The third-order valence-corrected chi connectivity index (χ3v) is 1.16. The maximum absolute atomic E-state index is 10.5. The van der Waals surface area contributed by atoms with E-state index in [2.05, 4.69) is 6.07 Å². The van der Waals surface area contributed by atoms with E-state index >= 15 is 0 Å². The summed E-state index contributed by atoms with van der Waals surface area (Å²) >= 11 is 0. The summed E-state index contributed by atoms with van der Waals surface area (Å²) in [6, 6.07) is 4.06. The predicted octanol–water partition coefficient (Wildman–Crippen LogP) is 0.668. The van der Waals surface area contributed by atoms with Crippen molar-refractivity contribution in [3.63, 3.8) is 0 Å². The van der Waals surface area contributed by atoms with Gasteiger partial charge in [0.15, 0.2) is 5.43 Å². The largest absolute Gasteiger partial charge is 0.354 e. The highest BCUT2D eigenvalue weighted by Crippen LogP contribution is 1.80. The number of hydrogen-bond acceptors (Lipinski definition) is 1. The molecule has 1 radical (unpaired) electrons. The molecule has 47 valence electrons. The lowest BCUT2D eigenvalue weighted by Gasteiger charge is -1.96. The van der Waals surface area contributed by atoms with Crippen molar-refractivity contribution in [1.82, 2.24) is 4.57 Å². The number of aryl methyl sites for hydroxylation is 1. The van der Waals surface area contributed by atoms with Crippen LogP contribution in [-0.4, -0.2) is 4.57 Å². The Balaban J connectivity index is 3.02. The molecule has 0 spiro atoms. The highest BCUT2D eigenvalue weighted by Gasteiger charge is 1.81. The highest BCUT2D eigenvalue weighted by atomic mass is 16.1. The van der Waals surface area contributed by atoms with Gasteiger partial charge in [0.25, 0.3) is 0 Å². The molecule has 0 aliphatic rings. The molecule has 0 amide bonds. The molecule has 2 nitrogen and oxygen atoms in total. The van der Waals surface area contributed by atoms with Crippen LogP contribution in [0, 0.1) is 6.07 Å². The van der Waals surface area contributed by atoms with Crippen LogP contribution < -0.4 is 5.43 Å². The molecule has 1 aromatic heterocycles. The summed E-state index contributed by atoms with van der Waals surface area (Å²) in [5.41, 5.74) is -0.0558. The van der Waals surface area contributed by atoms with E-state index in [0.717, 1.165) is 6.54 Å². The summed E-state index contributed by atoms with van der Waals surface area (Å²) in [4.78, 5) is 10.5. The molecule has 1 rings (SSSR count). The van der Waals surface area contributed by atoms with Gasteiger partial charge in [-0.25, -0.2) is 0 Å². The molecule has 0 aliphatic heterocycles. The first-order chi connectivity index (χ1) is 4.33. The molecule has 0 N–H and O–H groups in total. The highest BCUT2D eigenvalue weighted by molar-refractivity contribution is 4.91. The number of nitrogens with zero attached hydrogens (tertiary/aromatic N) is 1. The second-order valence-corrected chi connectivity index (χ2v) is 1.78. The van der Waals surface area contributed by atoms with Crippen LogP contribution in [-0.2, 0) is 6.54 Å². The minimum Gasteiger partial charge on any atom is -0.354 e. The van der Waals surface area contributed by atoms with Gasteiger partial charge in [0.1, 0.15) is 0 Å². The van der Waals surface area contributed by atoms with E-state index in [9.17, 15) is 4.79 Å². The summed E-state index contributed by atoms with van der Waals surface area (Å²) in [5, 5.41) is 0. The monoisotopic (exact) mass is 122 g/mol. The van der Waals surface area contributed by atoms with Gasteiger partial charge in [-0.15, -0.1) is 0 Å². The van der Waals surface area contributed by atoms with Crippen LogP contribution in [0.5, 0.6) is 0 Å². The van der Waals surface area contributed by atoms with E-state index in [0.29, 0.717) is 0 Å². The van der Waals surface area contributed by atoms with Crippen LogP contribution >= 0.6 is 0 Å². The Kier molecular flexibility index (Phi) is 1.68. The number of hydrogen-bond donors (Lipinski definition) is 0. The standard InChI is InChI=1S/C7H8NO/c1-2-8-5-3-7(9)4-6-8/h3,5-6H,2H2,1H3. The average Bonchev–Trinajstić information content (AvgIpc) is 1.90. The van der Waals surface area contributed by atoms with Gasteiger partial charge in [-0.2, -0.15) is 0 Å². The minimum atomic E-state index is -0.0558. The Hall–Kier alpha value is -1.05. The maximum Gasteiger partial charge on any atom is 0.189 e. The fourth-order valence-corrected chi connectivity index (χ4v) is 0.598. The summed E-state index contributed by atoms with van der Waals surface area (Å²) in [5.74, 6) is 0. The van der Waals surface area contributed by atoms with Gasteiger partial charge in [0.05, 0.1) is 6.07 Å². The molecule has 9 heavy (non-hydrogen) atoms. The third-order valence-electron chi connectivity index (χ3n) is 1.16. The second kappa shape index (κ2) is 2.49. The average molecular weight is 122 g/mol. The number of pyridine rings is 1.